The fourth-order valence-electron chi connectivity index (χ4n) is 6.43. The molecule has 0 saturated heterocycles. The molecule has 8 nitrogen and oxygen atoms in total. The van der Waals surface area contributed by atoms with Crippen LogP contribution >= 0.6 is 0 Å². The van der Waals surface area contributed by atoms with E-state index in [9.17, 15) is 0 Å². The largest absolute Gasteiger partial charge is 2.00 e. The summed E-state index contributed by atoms with van der Waals surface area (Å²) in [4.78, 5) is 22.3. The second kappa shape index (κ2) is 16.8. The van der Waals surface area contributed by atoms with Gasteiger partial charge in [0.15, 0.2) is 0 Å². The van der Waals surface area contributed by atoms with Crippen LogP contribution in [0.15, 0.2) is 97.8 Å². The van der Waals surface area contributed by atoms with Crippen LogP contribution < -0.4 is 9.47 Å². The van der Waals surface area contributed by atoms with E-state index in [1.54, 1.807) is 0 Å². The summed E-state index contributed by atoms with van der Waals surface area (Å²) in [7, 11) is 0. The van der Waals surface area contributed by atoms with Gasteiger partial charge < -0.3 is 24.0 Å². The maximum absolute atomic E-state index is 6.60. The van der Waals surface area contributed by atoms with Crippen molar-refractivity contribution in [3.05, 3.63) is 144 Å². The number of fused-ring (bicyclic) bond motifs is 3. The number of benzene rings is 4. The molecule has 8 aromatic rings. The molecule has 55 heavy (non-hydrogen) atoms. The van der Waals surface area contributed by atoms with E-state index in [1.165, 1.54) is 12.7 Å². The SMILES string of the molecule is Cc1ccnc(-c2[c-]c(Oc3[c-]c4c(cc3)c3ccc(Oc5[c-]c(-c6cc(C)ccn6)ccc5C(C)C)[c-]c3n4-c3ncncn3)c(C(C)C)cc2)c1.[Pd+2].[Pt+2]. The standard InChI is InChI=1S/C45H36N6O2.Pd.Pt/c1-27(2)35-11-7-31(39-19-29(5)15-17-47-39)21-43(35)52-33-9-13-37-38-14-10-34(24-42(38)51(41(37)23-33)45-49-25-46-26-50-45)53-44-22-32(8-12-36(44)28(3)4)40-20-30(6)16-18-48-40;;/h7-20,25-28H,1-6H3;;/q-4;2*+2. The fourth-order valence-corrected chi connectivity index (χ4v) is 6.43. The Morgan fingerprint density at radius 3 is 1.44 bits per heavy atom. The monoisotopic (exact) mass is 993 g/mol. The molecule has 0 atom stereocenters. The van der Waals surface area contributed by atoms with Crippen LogP contribution in [0.2, 0.25) is 0 Å². The van der Waals surface area contributed by atoms with Crippen molar-refractivity contribution < 1.29 is 51.0 Å². The van der Waals surface area contributed by atoms with E-state index in [0.717, 1.165) is 66.6 Å². The first-order valence-electron chi connectivity index (χ1n) is 17.6. The number of pyridine rings is 2. The Hall–Kier alpha value is -5.06. The van der Waals surface area contributed by atoms with Crippen LogP contribution in [0.4, 0.5) is 0 Å². The summed E-state index contributed by atoms with van der Waals surface area (Å²) in [6, 6.07) is 38.2. The van der Waals surface area contributed by atoms with E-state index in [0.29, 0.717) is 28.9 Å². The van der Waals surface area contributed by atoms with E-state index in [4.69, 9.17) is 9.47 Å². The normalized spacial score (nSPS) is 11.1. The van der Waals surface area contributed by atoms with Crippen LogP contribution in [0.5, 0.6) is 23.0 Å². The summed E-state index contributed by atoms with van der Waals surface area (Å²) in [5.74, 6) is 3.14. The molecule has 0 amide bonds. The molecule has 278 valence electrons. The average Bonchev–Trinajstić information content (AvgIpc) is 3.47. The number of ether oxygens (including phenoxy) is 2. The molecule has 0 aliphatic carbocycles. The van der Waals surface area contributed by atoms with E-state index < -0.39 is 0 Å². The first kappa shape index (κ1) is 39.6. The van der Waals surface area contributed by atoms with Gasteiger partial charge >= 0.3 is 41.5 Å². The Bertz CT molecular complexity index is 2470. The predicted octanol–water partition coefficient (Wildman–Crippen LogP) is 10.7. The van der Waals surface area contributed by atoms with Crippen LogP contribution in [0.3, 0.4) is 0 Å². The molecule has 0 fully saturated rings. The summed E-state index contributed by atoms with van der Waals surface area (Å²) in [6.45, 7) is 12.7. The smallest absolute Gasteiger partial charge is 0.503 e. The molecule has 0 aliphatic heterocycles. The fraction of sp³-hybridized carbons (Fsp3) is 0.178. The van der Waals surface area contributed by atoms with Gasteiger partial charge in [-0.2, -0.15) is 22.9 Å². The van der Waals surface area contributed by atoms with Crippen LogP contribution in [0.1, 0.15) is 61.8 Å². The number of hydrogen-bond acceptors (Lipinski definition) is 7. The van der Waals surface area contributed by atoms with E-state index in [2.05, 4.69) is 103 Å². The van der Waals surface area contributed by atoms with Gasteiger partial charge in [0.2, 0.25) is 5.95 Å². The van der Waals surface area contributed by atoms with Gasteiger partial charge in [-0.05, 0) is 37.4 Å². The quantitative estimate of drug-likeness (QED) is 0.105. The first-order chi connectivity index (χ1) is 25.7. The van der Waals surface area contributed by atoms with Gasteiger partial charge in [-0.25, -0.2) is 15.0 Å². The molecule has 0 aliphatic rings. The molecule has 0 radical (unpaired) electrons. The zero-order valence-corrected chi connectivity index (χ0v) is 34.9. The third-order valence-corrected chi connectivity index (χ3v) is 9.14. The van der Waals surface area contributed by atoms with Gasteiger partial charge in [0, 0.05) is 35.4 Å². The van der Waals surface area contributed by atoms with Crippen LogP contribution in [-0.2, 0) is 41.5 Å². The van der Waals surface area contributed by atoms with Gasteiger partial charge in [-0.3, -0.25) is 0 Å². The number of aromatic nitrogens is 6. The van der Waals surface area contributed by atoms with E-state index in [1.807, 2.05) is 77.6 Å². The van der Waals surface area contributed by atoms with Crippen molar-refractivity contribution in [1.29, 1.82) is 0 Å². The Balaban J connectivity index is 0.00000257. The number of rotatable bonds is 9. The van der Waals surface area contributed by atoms with Crippen molar-refractivity contribution in [1.82, 2.24) is 29.5 Å². The molecular weight excluding hydrogens is 958 g/mol. The summed E-state index contributed by atoms with van der Waals surface area (Å²) in [6.07, 6.45) is 6.58. The number of nitrogens with zero attached hydrogens (tertiary/aromatic N) is 6. The molecule has 0 N–H and O–H groups in total. The van der Waals surface area contributed by atoms with Gasteiger partial charge in [-0.15, -0.1) is 59.7 Å². The maximum atomic E-state index is 6.60. The molecule has 10 heteroatoms. The van der Waals surface area contributed by atoms with Crippen LogP contribution in [-0.4, -0.2) is 29.5 Å². The summed E-state index contributed by atoms with van der Waals surface area (Å²) >= 11 is 0. The minimum absolute atomic E-state index is 0. The second-order valence-electron chi connectivity index (χ2n) is 13.7. The predicted molar refractivity (Wildman–Crippen MR) is 207 cm³/mol. The van der Waals surface area contributed by atoms with E-state index in [-0.39, 0.29) is 53.3 Å². The summed E-state index contributed by atoms with van der Waals surface area (Å²) in [5, 5.41) is 1.87. The van der Waals surface area contributed by atoms with Crippen molar-refractivity contribution in [3.63, 3.8) is 0 Å². The zero-order valence-electron chi connectivity index (χ0n) is 31.0. The summed E-state index contributed by atoms with van der Waals surface area (Å²) < 4.78 is 15.1. The average molecular weight is 994 g/mol. The maximum Gasteiger partial charge on any atom is 2.00 e. The van der Waals surface area contributed by atoms with E-state index >= 15 is 0 Å². The van der Waals surface area contributed by atoms with Crippen molar-refractivity contribution in [2.24, 2.45) is 0 Å². The third-order valence-electron chi connectivity index (χ3n) is 9.14. The molecule has 0 spiro atoms. The van der Waals surface area contributed by atoms with Crippen molar-refractivity contribution in [2.75, 3.05) is 0 Å². The third kappa shape index (κ3) is 8.16. The minimum Gasteiger partial charge on any atom is -0.503 e. The first-order valence-corrected chi connectivity index (χ1v) is 17.6. The molecule has 4 heterocycles. The molecule has 4 aromatic heterocycles. The second-order valence-corrected chi connectivity index (χ2v) is 13.7. The van der Waals surface area contributed by atoms with Crippen molar-refractivity contribution >= 4 is 21.8 Å². The zero-order chi connectivity index (χ0) is 36.6. The topological polar surface area (TPSA) is 87.8 Å². The molecule has 4 aromatic carbocycles. The van der Waals surface area contributed by atoms with Gasteiger partial charge in [-0.1, -0.05) is 97.1 Å². The van der Waals surface area contributed by atoms with Crippen molar-refractivity contribution in [3.8, 4) is 51.5 Å². The Morgan fingerprint density at radius 2 is 1.02 bits per heavy atom. The molecule has 0 saturated carbocycles. The Kier molecular flexibility index (Phi) is 12.1. The summed E-state index contributed by atoms with van der Waals surface area (Å²) in [5.41, 5.74) is 9.15. The van der Waals surface area contributed by atoms with Crippen LogP contribution in [0, 0.1) is 38.1 Å². The Labute approximate surface area is 349 Å². The van der Waals surface area contributed by atoms with Gasteiger partial charge in [0.1, 0.15) is 12.7 Å². The molecule has 0 bridgehead atoms. The molecule has 8 rings (SSSR count). The number of hydrogen-bond donors (Lipinski definition) is 0. The van der Waals surface area contributed by atoms with Crippen molar-refractivity contribution in [2.45, 2.75) is 53.4 Å². The minimum atomic E-state index is 0. The molecule has 0 unspecified atom stereocenters. The Morgan fingerprint density at radius 1 is 0.564 bits per heavy atom. The molecular formula is C45H36N6O2PdPt. The van der Waals surface area contributed by atoms with Gasteiger partial charge in [0.05, 0.1) is 0 Å². The van der Waals surface area contributed by atoms with Crippen LogP contribution in [0.25, 0.3) is 50.3 Å². The number of aryl methyl sites for hydroxylation is 2. The van der Waals surface area contributed by atoms with Gasteiger partial charge in [0.25, 0.3) is 0 Å².